The first-order chi connectivity index (χ1) is 4.83. The number of nitrogens with two attached hydrogens (primary N) is 1. The molecular formula is C5H8ClF2NO2. The van der Waals surface area contributed by atoms with Gasteiger partial charge in [0.2, 0.25) is 0 Å². The largest absolute Gasteiger partial charge is 0.480 e. The van der Waals surface area contributed by atoms with Gasteiger partial charge in [0.05, 0.1) is 0 Å². The number of hydrogen-bond acceptors (Lipinski definition) is 2. The Labute approximate surface area is 67.1 Å². The van der Waals surface area contributed by atoms with Crippen LogP contribution < -0.4 is 5.73 Å². The summed E-state index contributed by atoms with van der Waals surface area (Å²) in [7, 11) is 0. The van der Waals surface area contributed by atoms with Gasteiger partial charge in [-0.25, -0.2) is 0 Å². The number of carboxylic acids is 1. The number of carboxylic acid groups (broad SMARTS) is 1. The van der Waals surface area contributed by atoms with Crippen molar-refractivity contribution >= 4 is 17.6 Å². The van der Waals surface area contributed by atoms with Crippen LogP contribution in [-0.4, -0.2) is 22.5 Å². The second kappa shape index (κ2) is 3.82. The monoisotopic (exact) mass is 187 g/mol. The van der Waals surface area contributed by atoms with Crippen LogP contribution in [0.15, 0.2) is 0 Å². The molecule has 0 aromatic rings. The lowest BCUT2D eigenvalue weighted by Gasteiger charge is -2.09. The van der Waals surface area contributed by atoms with Crippen LogP contribution in [0.3, 0.4) is 0 Å². The minimum absolute atomic E-state index is 0.328. The van der Waals surface area contributed by atoms with E-state index < -0.39 is 23.8 Å². The Kier molecular flexibility index (Phi) is 3.68. The molecule has 0 heterocycles. The SMILES string of the molecule is N[C@H](CCC(F)(F)Cl)C(=O)O. The molecule has 0 aliphatic rings. The summed E-state index contributed by atoms with van der Waals surface area (Å²) in [6, 6.07) is -1.26. The molecule has 0 saturated carbocycles. The summed E-state index contributed by atoms with van der Waals surface area (Å²) in [6.07, 6.45) is -1.05. The molecule has 0 aliphatic heterocycles. The smallest absolute Gasteiger partial charge is 0.321 e. The summed E-state index contributed by atoms with van der Waals surface area (Å²) >= 11 is 4.50. The third-order valence-corrected chi connectivity index (χ3v) is 1.24. The molecule has 0 aliphatic carbocycles. The van der Waals surface area contributed by atoms with Crippen molar-refractivity contribution in [1.29, 1.82) is 0 Å². The highest BCUT2D eigenvalue weighted by atomic mass is 35.5. The molecule has 6 heteroatoms. The van der Waals surface area contributed by atoms with Crippen LogP contribution in [-0.2, 0) is 4.79 Å². The summed E-state index contributed by atoms with van der Waals surface area (Å²) in [5.74, 6) is -1.30. The lowest BCUT2D eigenvalue weighted by atomic mass is 10.2. The molecular weight excluding hydrogens is 180 g/mol. The second-order valence-corrected chi connectivity index (χ2v) is 2.65. The van der Waals surface area contributed by atoms with E-state index in [4.69, 9.17) is 10.8 Å². The summed E-state index contributed by atoms with van der Waals surface area (Å²) in [6.45, 7) is 0. The molecule has 3 N–H and O–H groups in total. The molecule has 0 rings (SSSR count). The highest BCUT2D eigenvalue weighted by Gasteiger charge is 2.26. The molecule has 0 amide bonds. The fourth-order valence-electron chi connectivity index (χ4n) is 0.443. The number of hydrogen-bond donors (Lipinski definition) is 2. The number of rotatable bonds is 4. The zero-order valence-corrected chi connectivity index (χ0v) is 6.31. The Hall–Kier alpha value is -0.420. The maximum absolute atomic E-state index is 11.9. The van der Waals surface area contributed by atoms with Gasteiger partial charge >= 0.3 is 11.4 Å². The van der Waals surface area contributed by atoms with Crippen LogP contribution in [0.4, 0.5) is 8.78 Å². The van der Waals surface area contributed by atoms with E-state index in [1.54, 1.807) is 0 Å². The minimum Gasteiger partial charge on any atom is -0.480 e. The zero-order chi connectivity index (χ0) is 9.07. The van der Waals surface area contributed by atoms with Crippen LogP contribution in [0.2, 0.25) is 0 Å². The first-order valence-corrected chi connectivity index (χ1v) is 3.26. The lowest BCUT2D eigenvalue weighted by Crippen LogP contribution is -2.31. The van der Waals surface area contributed by atoms with Crippen molar-refractivity contribution < 1.29 is 18.7 Å². The van der Waals surface area contributed by atoms with Gasteiger partial charge in [-0.3, -0.25) is 4.79 Å². The van der Waals surface area contributed by atoms with E-state index in [9.17, 15) is 13.6 Å². The van der Waals surface area contributed by atoms with Gasteiger partial charge < -0.3 is 10.8 Å². The fraction of sp³-hybridized carbons (Fsp3) is 0.800. The Morgan fingerprint density at radius 1 is 1.73 bits per heavy atom. The molecule has 0 saturated heterocycles. The molecule has 0 fully saturated rings. The first kappa shape index (κ1) is 10.6. The molecule has 0 unspecified atom stereocenters. The Morgan fingerprint density at radius 3 is 2.45 bits per heavy atom. The number of carbonyl (C=O) groups is 1. The molecule has 1 atom stereocenters. The van der Waals surface area contributed by atoms with Crippen LogP contribution in [0.1, 0.15) is 12.8 Å². The van der Waals surface area contributed by atoms with Gasteiger partial charge in [0.1, 0.15) is 6.04 Å². The zero-order valence-electron chi connectivity index (χ0n) is 5.56. The molecule has 0 aromatic carbocycles. The second-order valence-electron chi connectivity index (χ2n) is 2.10. The first-order valence-electron chi connectivity index (χ1n) is 2.88. The third-order valence-electron chi connectivity index (χ3n) is 1.06. The van der Waals surface area contributed by atoms with Gasteiger partial charge in [-0.2, -0.15) is 8.78 Å². The Bertz CT molecular complexity index is 148. The fourth-order valence-corrected chi connectivity index (χ4v) is 0.552. The van der Waals surface area contributed by atoms with Crippen molar-refractivity contribution in [3.63, 3.8) is 0 Å². The van der Waals surface area contributed by atoms with Crippen LogP contribution in [0, 0.1) is 0 Å². The average Bonchev–Trinajstić information content (AvgIpc) is 1.80. The van der Waals surface area contributed by atoms with E-state index in [1.807, 2.05) is 0 Å². The molecule has 0 aromatic heterocycles. The molecule has 66 valence electrons. The third kappa shape index (κ3) is 6.00. The standard InChI is InChI=1S/C5H8ClF2NO2/c6-5(7,8)2-1-3(9)4(10)11/h3H,1-2,9H2,(H,10,11)/t3-/m1/s1. The average molecular weight is 188 g/mol. The predicted molar refractivity (Wildman–Crippen MR) is 35.6 cm³/mol. The maximum atomic E-state index is 11.9. The van der Waals surface area contributed by atoms with Gasteiger partial charge in [0.15, 0.2) is 0 Å². The highest BCUT2D eigenvalue weighted by molar-refractivity contribution is 6.21. The van der Waals surface area contributed by atoms with Crippen LogP contribution >= 0.6 is 11.6 Å². The van der Waals surface area contributed by atoms with E-state index in [0.717, 1.165) is 0 Å². The van der Waals surface area contributed by atoms with E-state index in [1.165, 1.54) is 0 Å². The van der Waals surface area contributed by atoms with Crippen molar-refractivity contribution in [3.05, 3.63) is 0 Å². The maximum Gasteiger partial charge on any atom is 0.321 e. The van der Waals surface area contributed by atoms with Crippen molar-refractivity contribution in [3.8, 4) is 0 Å². The van der Waals surface area contributed by atoms with E-state index in [2.05, 4.69) is 11.6 Å². The van der Waals surface area contributed by atoms with Crippen LogP contribution in [0.5, 0.6) is 0 Å². The molecule has 0 radical (unpaired) electrons. The highest BCUT2D eigenvalue weighted by Crippen LogP contribution is 2.25. The topological polar surface area (TPSA) is 63.3 Å². The lowest BCUT2D eigenvalue weighted by molar-refractivity contribution is -0.138. The molecule has 11 heavy (non-hydrogen) atoms. The molecule has 3 nitrogen and oxygen atoms in total. The van der Waals surface area contributed by atoms with E-state index >= 15 is 0 Å². The van der Waals surface area contributed by atoms with Gasteiger partial charge in [0.25, 0.3) is 0 Å². The van der Waals surface area contributed by atoms with Gasteiger partial charge in [-0.15, -0.1) is 0 Å². The minimum atomic E-state index is -3.35. The molecule has 0 spiro atoms. The Morgan fingerprint density at radius 2 is 2.18 bits per heavy atom. The van der Waals surface area contributed by atoms with Gasteiger partial charge in [-0.05, 0) is 18.0 Å². The van der Waals surface area contributed by atoms with Gasteiger partial charge in [-0.1, -0.05) is 0 Å². The quantitative estimate of drug-likeness (QED) is 0.646. The summed E-state index contributed by atoms with van der Waals surface area (Å²) in [4.78, 5) is 10.0. The Balaban J connectivity index is 3.63. The molecule has 0 bridgehead atoms. The summed E-state index contributed by atoms with van der Waals surface area (Å²) in [5, 5.41) is 4.81. The van der Waals surface area contributed by atoms with Crippen molar-refractivity contribution in [1.82, 2.24) is 0 Å². The van der Waals surface area contributed by atoms with Crippen molar-refractivity contribution in [2.24, 2.45) is 5.73 Å². The summed E-state index contributed by atoms with van der Waals surface area (Å²) < 4.78 is 23.7. The van der Waals surface area contributed by atoms with E-state index in [0.29, 0.717) is 0 Å². The normalized spacial score (nSPS) is 14.5. The van der Waals surface area contributed by atoms with Gasteiger partial charge in [0, 0.05) is 6.42 Å². The van der Waals surface area contributed by atoms with Crippen molar-refractivity contribution in [2.45, 2.75) is 24.3 Å². The van der Waals surface area contributed by atoms with Crippen molar-refractivity contribution in [2.75, 3.05) is 0 Å². The number of halogens is 3. The summed E-state index contributed by atoms with van der Waals surface area (Å²) in [5.41, 5.74) is 4.93. The van der Waals surface area contributed by atoms with Crippen LogP contribution in [0.25, 0.3) is 0 Å². The predicted octanol–water partition coefficient (Wildman–Crippen LogP) is 1.01. The number of aliphatic carboxylic acids is 1. The number of alkyl halides is 3. The van der Waals surface area contributed by atoms with E-state index in [-0.39, 0.29) is 6.42 Å².